The van der Waals surface area contributed by atoms with E-state index < -0.39 is 17.7 Å². The number of aliphatic hydroxyl groups is 1. The van der Waals surface area contributed by atoms with E-state index in [1.165, 1.54) is 6.07 Å². The smallest absolute Gasteiger partial charge is 0.161 e. The highest BCUT2D eigenvalue weighted by Gasteiger charge is 2.18. The van der Waals surface area contributed by atoms with E-state index in [1.54, 1.807) is 6.92 Å². The van der Waals surface area contributed by atoms with E-state index in [0.717, 1.165) is 23.4 Å². The lowest BCUT2D eigenvalue weighted by Gasteiger charge is -2.22. The van der Waals surface area contributed by atoms with E-state index >= 15 is 0 Å². The van der Waals surface area contributed by atoms with Gasteiger partial charge in [0, 0.05) is 12.6 Å². The summed E-state index contributed by atoms with van der Waals surface area (Å²) >= 11 is 0. The van der Waals surface area contributed by atoms with Crippen molar-refractivity contribution < 1.29 is 23.4 Å². The molecule has 1 aliphatic rings. The molecule has 0 saturated heterocycles. The van der Waals surface area contributed by atoms with Gasteiger partial charge in [-0.1, -0.05) is 12.1 Å². The van der Waals surface area contributed by atoms with Gasteiger partial charge in [0.25, 0.3) is 0 Å². The molecule has 0 spiro atoms. The van der Waals surface area contributed by atoms with Gasteiger partial charge in [-0.15, -0.1) is 0 Å². The molecule has 0 radical (unpaired) electrons. The molecule has 2 N–H and O–H groups in total. The molecule has 0 aromatic heterocycles. The molecule has 3 rings (SSSR count). The Bertz CT molecular complexity index is 723. The normalized spacial score (nSPS) is 15.8. The molecule has 2 atom stereocenters. The zero-order chi connectivity index (χ0) is 17.1. The van der Waals surface area contributed by atoms with E-state index in [0.29, 0.717) is 31.1 Å². The van der Waals surface area contributed by atoms with Crippen molar-refractivity contribution in [3.63, 3.8) is 0 Å². The summed E-state index contributed by atoms with van der Waals surface area (Å²) in [7, 11) is 0. The van der Waals surface area contributed by atoms with Gasteiger partial charge in [-0.25, -0.2) is 8.78 Å². The number of rotatable bonds is 5. The third-order valence-electron chi connectivity index (χ3n) is 3.99. The van der Waals surface area contributed by atoms with Crippen LogP contribution in [0.25, 0.3) is 0 Å². The fourth-order valence-corrected chi connectivity index (χ4v) is 2.57. The predicted molar refractivity (Wildman–Crippen MR) is 85.1 cm³/mol. The minimum absolute atomic E-state index is 0.330. The standard InChI is InChI=1S/C18H19F2NO3/c1-11(18(22)13-3-4-14(19)15(20)9-13)21-10-12-2-5-16-17(8-12)24-7-6-23-16/h2-5,8-9,11,18,21-22H,6-7,10H2,1H3. The minimum Gasteiger partial charge on any atom is -0.486 e. The molecular formula is C18H19F2NO3. The largest absolute Gasteiger partial charge is 0.486 e. The van der Waals surface area contributed by atoms with Crippen LogP contribution in [0.15, 0.2) is 36.4 Å². The monoisotopic (exact) mass is 335 g/mol. The summed E-state index contributed by atoms with van der Waals surface area (Å²) in [5, 5.41) is 13.5. The molecule has 2 aromatic rings. The second kappa shape index (κ2) is 7.15. The molecule has 0 amide bonds. The van der Waals surface area contributed by atoms with Crippen molar-refractivity contribution in [2.75, 3.05) is 13.2 Å². The number of ether oxygens (including phenoxy) is 2. The molecular weight excluding hydrogens is 316 g/mol. The number of aliphatic hydroxyl groups excluding tert-OH is 1. The van der Waals surface area contributed by atoms with Crippen molar-refractivity contribution >= 4 is 0 Å². The fourth-order valence-electron chi connectivity index (χ4n) is 2.57. The predicted octanol–water partition coefficient (Wildman–Crippen LogP) is 2.95. The van der Waals surface area contributed by atoms with Crippen LogP contribution in [0.4, 0.5) is 8.78 Å². The summed E-state index contributed by atoms with van der Waals surface area (Å²) in [5.41, 5.74) is 1.31. The fraction of sp³-hybridized carbons (Fsp3) is 0.333. The maximum Gasteiger partial charge on any atom is 0.161 e. The van der Waals surface area contributed by atoms with Crippen molar-refractivity contribution in [2.24, 2.45) is 0 Å². The Labute approximate surface area is 139 Å². The van der Waals surface area contributed by atoms with Crippen LogP contribution in [0, 0.1) is 11.6 Å². The number of halogens is 2. The first-order valence-electron chi connectivity index (χ1n) is 7.79. The summed E-state index contributed by atoms with van der Waals surface area (Å²) in [6.45, 7) is 3.35. The average molecular weight is 335 g/mol. The highest BCUT2D eigenvalue weighted by Crippen LogP contribution is 2.30. The van der Waals surface area contributed by atoms with Crippen LogP contribution in [-0.2, 0) is 6.54 Å². The number of hydrogen-bond donors (Lipinski definition) is 2. The van der Waals surface area contributed by atoms with Crippen LogP contribution >= 0.6 is 0 Å². The molecule has 2 unspecified atom stereocenters. The Morgan fingerprint density at radius 2 is 1.79 bits per heavy atom. The lowest BCUT2D eigenvalue weighted by molar-refractivity contribution is 0.134. The Balaban J connectivity index is 1.62. The Kier molecular flexibility index (Phi) is 4.97. The molecule has 0 aliphatic carbocycles. The van der Waals surface area contributed by atoms with E-state index in [1.807, 2.05) is 18.2 Å². The summed E-state index contributed by atoms with van der Waals surface area (Å²) < 4.78 is 37.3. The summed E-state index contributed by atoms with van der Waals surface area (Å²) in [4.78, 5) is 0. The van der Waals surface area contributed by atoms with Gasteiger partial charge >= 0.3 is 0 Å². The zero-order valence-corrected chi connectivity index (χ0v) is 13.3. The van der Waals surface area contributed by atoms with Gasteiger partial charge in [0.15, 0.2) is 23.1 Å². The molecule has 128 valence electrons. The molecule has 2 aromatic carbocycles. The van der Waals surface area contributed by atoms with Gasteiger partial charge in [-0.3, -0.25) is 0 Å². The second-order valence-electron chi connectivity index (χ2n) is 5.77. The summed E-state index contributed by atoms with van der Waals surface area (Å²) in [6.07, 6.45) is -0.947. The van der Waals surface area contributed by atoms with Crippen LogP contribution in [0.3, 0.4) is 0 Å². The van der Waals surface area contributed by atoms with E-state index in [9.17, 15) is 13.9 Å². The van der Waals surface area contributed by atoms with Crippen molar-refractivity contribution in [2.45, 2.75) is 25.6 Å². The van der Waals surface area contributed by atoms with E-state index in [2.05, 4.69) is 5.32 Å². The lowest BCUT2D eigenvalue weighted by atomic mass is 10.0. The minimum atomic E-state index is -0.967. The summed E-state index contributed by atoms with van der Waals surface area (Å²) in [6, 6.07) is 8.72. The maximum absolute atomic E-state index is 13.3. The molecule has 0 saturated carbocycles. The summed E-state index contributed by atoms with van der Waals surface area (Å²) in [5.74, 6) is -0.470. The van der Waals surface area contributed by atoms with Gasteiger partial charge in [-0.05, 0) is 42.3 Å². The van der Waals surface area contributed by atoms with Gasteiger partial charge in [0.05, 0.1) is 6.10 Å². The highest BCUT2D eigenvalue weighted by molar-refractivity contribution is 5.43. The van der Waals surface area contributed by atoms with Crippen LogP contribution in [0.5, 0.6) is 11.5 Å². The first-order valence-corrected chi connectivity index (χ1v) is 7.79. The number of benzene rings is 2. The molecule has 4 nitrogen and oxygen atoms in total. The lowest BCUT2D eigenvalue weighted by Crippen LogP contribution is -2.31. The average Bonchev–Trinajstić information content (AvgIpc) is 2.61. The van der Waals surface area contributed by atoms with Crippen molar-refractivity contribution in [3.05, 3.63) is 59.2 Å². The molecule has 24 heavy (non-hydrogen) atoms. The molecule has 1 heterocycles. The van der Waals surface area contributed by atoms with Crippen LogP contribution in [0.1, 0.15) is 24.2 Å². The third-order valence-corrected chi connectivity index (χ3v) is 3.99. The van der Waals surface area contributed by atoms with Crippen LogP contribution < -0.4 is 14.8 Å². The first-order chi connectivity index (χ1) is 11.5. The van der Waals surface area contributed by atoms with Crippen LogP contribution in [0.2, 0.25) is 0 Å². The SMILES string of the molecule is CC(NCc1ccc2c(c1)OCCO2)C(O)c1ccc(F)c(F)c1. The van der Waals surface area contributed by atoms with Gasteiger partial charge in [0.2, 0.25) is 0 Å². The number of nitrogens with one attached hydrogen (secondary N) is 1. The van der Waals surface area contributed by atoms with Crippen molar-refractivity contribution in [1.82, 2.24) is 5.32 Å². The van der Waals surface area contributed by atoms with Crippen molar-refractivity contribution in [3.8, 4) is 11.5 Å². The number of hydrogen-bond acceptors (Lipinski definition) is 4. The molecule has 1 aliphatic heterocycles. The van der Waals surface area contributed by atoms with Crippen molar-refractivity contribution in [1.29, 1.82) is 0 Å². The van der Waals surface area contributed by atoms with E-state index in [-0.39, 0.29) is 6.04 Å². The van der Waals surface area contributed by atoms with Gasteiger partial charge in [0.1, 0.15) is 13.2 Å². The molecule has 0 bridgehead atoms. The zero-order valence-electron chi connectivity index (χ0n) is 13.3. The Hall–Kier alpha value is -2.18. The second-order valence-corrected chi connectivity index (χ2v) is 5.77. The van der Waals surface area contributed by atoms with Crippen LogP contribution in [-0.4, -0.2) is 24.4 Å². The quantitative estimate of drug-likeness (QED) is 0.882. The number of fused-ring (bicyclic) bond motifs is 1. The van der Waals surface area contributed by atoms with Gasteiger partial charge in [-0.2, -0.15) is 0 Å². The Morgan fingerprint density at radius 3 is 2.54 bits per heavy atom. The first kappa shape index (κ1) is 16.7. The topological polar surface area (TPSA) is 50.7 Å². The van der Waals surface area contributed by atoms with E-state index in [4.69, 9.17) is 9.47 Å². The molecule has 0 fully saturated rings. The molecule has 6 heteroatoms. The Morgan fingerprint density at radius 1 is 1.04 bits per heavy atom. The van der Waals surface area contributed by atoms with Gasteiger partial charge < -0.3 is 19.9 Å². The highest BCUT2D eigenvalue weighted by atomic mass is 19.2. The maximum atomic E-state index is 13.3. The third kappa shape index (κ3) is 3.66.